The van der Waals surface area contributed by atoms with Crippen LogP contribution in [0.3, 0.4) is 0 Å². The first-order valence-corrected chi connectivity index (χ1v) is 15.2. The number of para-hydroxylation sites is 1. The second-order valence-corrected chi connectivity index (χ2v) is 10.9. The van der Waals surface area contributed by atoms with Gasteiger partial charge in [-0.15, -0.1) is 0 Å². The number of hydrogen-bond donors (Lipinski definition) is 1. The molecule has 0 aliphatic rings. The highest BCUT2D eigenvalue weighted by Gasteiger charge is 2.16. The lowest BCUT2D eigenvalue weighted by Crippen LogP contribution is -2.30. The van der Waals surface area contributed by atoms with Crippen LogP contribution in [0.15, 0.2) is 59.6 Å². The normalized spacial score (nSPS) is 11.0. The third-order valence-electron chi connectivity index (χ3n) is 6.53. The molecule has 0 saturated heterocycles. The summed E-state index contributed by atoms with van der Waals surface area (Å²) in [6, 6.07) is 13.2. The first-order valence-electron chi connectivity index (χ1n) is 13.9. The lowest BCUT2D eigenvalue weighted by Gasteiger charge is -2.13. The minimum Gasteiger partial charge on any atom is -0.491 e. The second kappa shape index (κ2) is 17.2. The first kappa shape index (κ1) is 29.2. The third kappa shape index (κ3) is 10.9. The molecule has 1 N–H and O–H groups in total. The number of benzene rings is 2. The smallest absolute Gasteiger partial charge is 0.259 e. The molecule has 0 radical (unpaired) electrons. The largest absolute Gasteiger partial charge is 0.491 e. The molecule has 1 amide bonds. The summed E-state index contributed by atoms with van der Waals surface area (Å²) in [6.45, 7) is 3.59. The zero-order valence-electron chi connectivity index (χ0n) is 22.2. The van der Waals surface area contributed by atoms with Gasteiger partial charge in [-0.2, -0.15) is 4.57 Å². The fourth-order valence-electron chi connectivity index (χ4n) is 4.46. The number of unbranched alkanes of at least 4 members (excludes halogenated alkanes) is 11. The zero-order chi connectivity index (χ0) is 26.1. The number of thiazole rings is 1. The van der Waals surface area contributed by atoms with Crippen molar-refractivity contribution in [3.05, 3.63) is 75.7 Å². The van der Waals surface area contributed by atoms with Crippen LogP contribution < -0.4 is 14.6 Å². The number of halogens is 1. The van der Waals surface area contributed by atoms with Gasteiger partial charge in [0, 0.05) is 11.3 Å². The van der Waals surface area contributed by atoms with E-state index in [4.69, 9.17) is 16.3 Å². The Morgan fingerprint density at radius 1 is 0.919 bits per heavy atom. The Balaban J connectivity index is 1.39. The monoisotopic (exact) mass is 541 g/mol. The first-order chi connectivity index (χ1) is 18.2. The van der Waals surface area contributed by atoms with E-state index in [9.17, 15) is 4.79 Å². The van der Waals surface area contributed by atoms with E-state index in [1.165, 1.54) is 64.2 Å². The van der Waals surface area contributed by atoms with Gasteiger partial charge in [-0.05, 0) is 30.7 Å². The van der Waals surface area contributed by atoms with E-state index in [0.717, 1.165) is 30.6 Å². The van der Waals surface area contributed by atoms with Gasteiger partial charge in [-0.1, -0.05) is 119 Å². The molecule has 3 rings (SSSR count). The summed E-state index contributed by atoms with van der Waals surface area (Å²) in [4.78, 5) is 13.1. The molecular formula is C31H42ClN2O2S+. The molecule has 6 heteroatoms. The molecule has 200 valence electrons. The van der Waals surface area contributed by atoms with Crippen LogP contribution in [0.2, 0.25) is 5.02 Å². The predicted molar refractivity (Wildman–Crippen MR) is 156 cm³/mol. The molecule has 3 aromatic rings. The van der Waals surface area contributed by atoms with Crippen molar-refractivity contribution in [2.45, 2.75) is 90.5 Å². The average molecular weight is 542 g/mol. The highest BCUT2D eigenvalue weighted by Crippen LogP contribution is 2.30. The Morgan fingerprint density at radius 2 is 1.59 bits per heavy atom. The highest BCUT2D eigenvalue weighted by atomic mass is 35.5. The molecule has 0 aliphatic carbocycles. The Hall–Kier alpha value is -2.37. The molecule has 0 fully saturated rings. The molecule has 0 unspecified atom stereocenters. The van der Waals surface area contributed by atoms with Crippen LogP contribution in [0.4, 0.5) is 5.69 Å². The molecule has 37 heavy (non-hydrogen) atoms. The van der Waals surface area contributed by atoms with E-state index in [-0.39, 0.29) is 5.91 Å². The molecule has 0 aliphatic heterocycles. The summed E-state index contributed by atoms with van der Waals surface area (Å²) < 4.78 is 8.13. The fraction of sp³-hybridized carbons (Fsp3) is 0.484. The summed E-state index contributed by atoms with van der Waals surface area (Å²) in [7, 11) is 0. The number of nitrogens with one attached hydrogen (secondary N) is 1. The van der Waals surface area contributed by atoms with Gasteiger partial charge in [0.25, 0.3) is 5.91 Å². The highest BCUT2D eigenvalue weighted by molar-refractivity contribution is 7.07. The zero-order valence-corrected chi connectivity index (χ0v) is 23.8. The molecule has 0 spiro atoms. The number of amides is 1. The van der Waals surface area contributed by atoms with Crippen LogP contribution >= 0.6 is 22.9 Å². The molecule has 2 aromatic carbocycles. The summed E-state index contributed by atoms with van der Waals surface area (Å²) in [5.41, 5.74) is 4.40. The molecule has 0 atom stereocenters. The van der Waals surface area contributed by atoms with Crippen molar-refractivity contribution < 1.29 is 14.1 Å². The quantitative estimate of drug-likeness (QED) is 0.129. The topological polar surface area (TPSA) is 42.2 Å². The molecule has 1 heterocycles. The summed E-state index contributed by atoms with van der Waals surface area (Å²) in [6.07, 6.45) is 17.6. The minimum atomic E-state index is -0.215. The Bertz CT molecular complexity index is 1060. The van der Waals surface area contributed by atoms with E-state index in [1.807, 2.05) is 29.8 Å². The SMILES string of the molecule is CCCCCCCCCCCCCCOc1c(Cl)cccc1C(=O)Nc1cccc(C[n+]2ccsc2)c1. The minimum absolute atomic E-state index is 0.215. The van der Waals surface area contributed by atoms with Crippen molar-refractivity contribution in [3.8, 4) is 5.75 Å². The molecule has 1 aromatic heterocycles. The van der Waals surface area contributed by atoms with Crippen LogP contribution in [-0.2, 0) is 6.54 Å². The Kier molecular flexibility index (Phi) is 13.6. The van der Waals surface area contributed by atoms with Gasteiger partial charge in [0.2, 0.25) is 5.51 Å². The van der Waals surface area contributed by atoms with E-state index >= 15 is 0 Å². The fourth-order valence-corrected chi connectivity index (χ4v) is 5.29. The number of ether oxygens (including phenoxy) is 1. The second-order valence-electron chi connectivity index (χ2n) is 9.71. The molecular weight excluding hydrogens is 500 g/mol. The van der Waals surface area contributed by atoms with Crippen molar-refractivity contribution in [1.82, 2.24) is 0 Å². The number of carbonyl (C=O) groups is 1. The lowest BCUT2D eigenvalue weighted by atomic mass is 10.1. The van der Waals surface area contributed by atoms with Crippen LogP contribution in [0.25, 0.3) is 0 Å². The maximum Gasteiger partial charge on any atom is 0.259 e. The van der Waals surface area contributed by atoms with E-state index < -0.39 is 0 Å². The Morgan fingerprint density at radius 3 is 2.27 bits per heavy atom. The lowest BCUT2D eigenvalue weighted by molar-refractivity contribution is -0.683. The molecule has 4 nitrogen and oxygen atoms in total. The van der Waals surface area contributed by atoms with Gasteiger partial charge in [0.05, 0.1) is 22.6 Å². The Labute approximate surface area is 232 Å². The van der Waals surface area contributed by atoms with Gasteiger partial charge >= 0.3 is 0 Å². The standard InChI is InChI=1S/C31H41ClN2O2S/c1-2-3-4-5-6-7-8-9-10-11-12-13-21-36-30-28(18-15-19-29(30)32)31(35)33-27-17-14-16-26(23-27)24-34-20-22-37-25-34/h14-20,22-23,25H,2-13,21,24H2,1H3/p+1. The van der Waals surface area contributed by atoms with E-state index in [1.54, 1.807) is 29.5 Å². The average Bonchev–Trinajstić information content (AvgIpc) is 3.40. The van der Waals surface area contributed by atoms with Gasteiger partial charge in [-0.25, -0.2) is 0 Å². The number of rotatable bonds is 18. The molecule has 0 bridgehead atoms. The van der Waals surface area contributed by atoms with Gasteiger partial charge in [-0.3, -0.25) is 4.79 Å². The van der Waals surface area contributed by atoms with Gasteiger partial charge in [0.1, 0.15) is 0 Å². The third-order valence-corrected chi connectivity index (χ3v) is 7.50. The van der Waals surface area contributed by atoms with Crippen molar-refractivity contribution in [3.63, 3.8) is 0 Å². The number of anilines is 1. The van der Waals surface area contributed by atoms with Crippen molar-refractivity contribution in [1.29, 1.82) is 0 Å². The van der Waals surface area contributed by atoms with Gasteiger partial charge in [0.15, 0.2) is 18.5 Å². The van der Waals surface area contributed by atoms with Crippen molar-refractivity contribution in [2.75, 3.05) is 11.9 Å². The number of hydrogen-bond acceptors (Lipinski definition) is 3. The van der Waals surface area contributed by atoms with E-state index in [0.29, 0.717) is 22.9 Å². The van der Waals surface area contributed by atoms with Gasteiger partial charge < -0.3 is 10.1 Å². The summed E-state index contributed by atoms with van der Waals surface area (Å²) >= 11 is 8.08. The summed E-state index contributed by atoms with van der Waals surface area (Å²) in [5.74, 6) is 0.252. The number of carbonyl (C=O) groups excluding carboxylic acids is 1. The number of aromatic nitrogens is 1. The van der Waals surface area contributed by atoms with Crippen LogP contribution in [0.1, 0.15) is 99.9 Å². The predicted octanol–water partition coefficient (Wildman–Crippen LogP) is 9.07. The van der Waals surface area contributed by atoms with E-state index in [2.05, 4.69) is 28.4 Å². The maximum atomic E-state index is 13.1. The maximum absolute atomic E-state index is 13.1. The molecule has 0 saturated carbocycles. The van der Waals surface area contributed by atoms with Crippen LogP contribution in [-0.4, -0.2) is 12.5 Å². The number of nitrogens with zero attached hydrogens (tertiary/aromatic N) is 1. The van der Waals surface area contributed by atoms with Crippen LogP contribution in [0.5, 0.6) is 5.75 Å². The van der Waals surface area contributed by atoms with Crippen LogP contribution in [0, 0.1) is 0 Å². The summed E-state index contributed by atoms with van der Waals surface area (Å²) in [5, 5.41) is 5.52. The van der Waals surface area contributed by atoms with Crippen molar-refractivity contribution in [2.24, 2.45) is 0 Å². The van der Waals surface area contributed by atoms with Crippen molar-refractivity contribution >= 4 is 34.5 Å².